The quantitative estimate of drug-likeness (QED) is 0.625. The molecule has 0 spiro atoms. The van der Waals surface area contributed by atoms with Crippen LogP contribution in [0.3, 0.4) is 0 Å². The normalized spacial score (nSPS) is 11.2. The van der Waals surface area contributed by atoms with Crippen LogP contribution in [0.1, 0.15) is 18.6 Å². The molecule has 3 heteroatoms. The van der Waals surface area contributed by atoms with Crippen molar-refractivity contribution >= 4 is 5.97 Å². The average molecular weight is 266 g/mol. The lowest BCUT2D eigenvalue weighted by atomic mass is 10.1. The molecule has 0 saturated carbocycles. The Morgan fingerprint density at radius 3 is 2.45 bits per heavy atom. The molecule has 0 aliphatic rings. The summed E-state index contributed by atoms with van der Waals surface area (Å²) < 4.78 is 10.8. The third-order valence-corrected chi connectivity index (χ3v) is 2.57. The first-order valence-corrected chi connectivity index (χ1v) is 6.15. The molecule has 0 aliphatic carbocycles. The molecule has 0 saturated heterocycles. The van der Waals surface area contributed by atoms with E-state index in [0.29, 0.717) is 11.3 Å². The number of esters is 1. The van der Waals surface area contributed by atoms with E-state index in [1.54, 1.807) is 18.2 Å². The number of carbonyl (C=O) groups excluding carboxylic acids is 1. The van der Waals surface area contributed by atoms with Gasteiger partial charge >= 0.3 is 5.97 Å². The van der Waals surface area contributed by atoms with Crippen LogP contribution in [-0.2, 0) is 9.53 Å². The Kier molecular flexibility index (Phi) is 4.41. The Hall–Kier alpha value is -2.73. The van der Waals surface area contributed by atoms with Gasteiger partial charge in [0.25, 0.3) is 0 Å². The van der Waals surface area contributed by atoms with E-state index < -0.39 is 12.1 Å². The van der Waals surface area contributed by atoms with Crippen molar-refractivity contribution in [3.8, 4) is 23.8 Å². The molecule has 3 nitrogen and oxygen atoms in total. The lowest BCUT2D eigenvalue weighted by Gasteiger charge is -2.13. The second-order valence-corrected chi connectivity index (χ2v) is 4.14. The summed E-state index contributed by atoms with van der Waals surface area (Å²) in [5, 5.41) is 0. The molecule has 0 bridgehead atoms. The molecular formula is C17H14O3. The van der Waals surface area contributed by atoms with Gasteiger partial charge in [0, 0.05) is 12.5 Å². The lowest BCUT2D eigenvalue weighted by molar-refractivity contribution is -0.144. The Bertz CT molecular complexity index is 626. The van der Waals surface area contributed by atoms with Gasteiger partial charge in [-0.25, -0.2) is 0 Å². The fourth-order valence-corrected chi connectivity index (χ4v) is 1.73. The second-order valence-electron chi connectivity index (χ2n) is 4.14. The van der Waals surface area contributed by atoms with Crippen molar-refractivity contribution in [3.05, 3.63) is 60.2 Å². The van der Waals surface area contributed by atoms with E-state index in [2.05, 4.69) is 5.92 Å². The fraction of sp³-hybridized carbons (Fsp3) is 0.118. The summed E-state index contributed by atoms with van der Waals surface area (Å²) in [5.74, 6) is 3.40. The van der Waals surface area contributed by atoms with E-state index in [-0.39, 0.29) is 0 Å². The SMILES string of the molecule is C#C[C@@H](OC(C)=O)c1cccc(Oc2ccccc2)c1. The van der Waals surface area contributed by atoms with Crippen LogP contribution in [-0.4, -0.2) is 5.97 Å². The zero-order valence-corrected chi connectivity index (χ0v) is 11.1. The number of hydrogen-bond acceptors (Lipinski definition) is 3. The number of carbonyl (C=O) groups is 1. The Labute approximate surface area is 118 Å². The summed E-state index contributed by atoms with van der Waals surface area (Å²) in [6, 6.07) is 16.6. The smallest absolute Gasteiger partial charge is 0.304 e. The van der Waals surface area contributed by atoms with Gasteiger partial charge in [-0.2, -0.15) is 0 Å². The maximum atomic E-state index is 11.0. The maximum absolute atomic E-state index is 11.0. The highest BCUT2D eigenvalue weighted by atomic mass is 16.5. The van der Waals surface area contributed by atoms with E-state index in [1.807, 2.05) is 36.4 Å². The molecule has 0 heterocycles. The van der Waals surface area contributed by atoms with Gasteiger partial charge in [0.1, 0.15) is 11.5 Å². The Morgan fingerprint density at radius 1 is 1.10 bits per heavy atom. The number of rotatable bonds is 4. The Balaban J connectivity index is 2.19. The van der Waals surface area contributed by atoms with Crippen molar-refractivity contribution in [3.63, 3.8) is 0 Å². The number of benzene rings is 2. The van der Waals surface area contributed by atoms with Crippen LogP contribution < -0.4 is 4.74 Å². The first kappa shape index (κ1) is 13.7. The summed E-state index contributed by atoms with van der Waals surface area (Å²) in [6.07, 6.45) is 4.69. The molecule has 1 atom stereocenters. The molecule has 0 radical (unpaired) electrons. The van der Waals surface area contributed by atoms with E-state index in [1.165, 1.54) is 6.92 Å². The summed E-state index contributed by atoms with van der Waals surface area (Å²) in [6.45, 7) is 1.33. The summed E-state index contributed by atoms with van der Waals surface area (Å²) >= 11 is 0. The first-order valence-electron chi connectivity index (χ1n) is 6.15. The lowest BCUT2D eigenvalue weighted by Crippen LogP contribution is -2.06. The van der Waals surface area contributed by atoms with E-state index in [0.717, 1.165) is 5.75 Å². The molecule has 2 rings (SSSR count). The van der Waals surface area contributed by atoms with E-state index in [4.69, 9.17) is 15.9 Å². The first-order chi connectivity index (χ1) is 9.69. The van der Waals surface area contributed by atoms with Gasteiger partial charge in [-0.1, -0.05) is 36.3 Å². The summed E-state index contributed by atoms with van der Waals surface area (Å²) in [7, 11) is 0. The van der Waals surface area contributed by atoms with Crippen molar-refractivity contribution in [1.82, 2.24) is 0 Å². The van der Waals surface area contributed by atoms with Crippen LogP contribution in [0.4, 0.5) is 0 Å². The molecule has 100 valence electrons. The molecule has 0 amide bonds. The summed E-state index contributed by atoms with van der Waals surface area (Å²) in [4.78, 5) is 11.0. The number of ether oxygens (including phenoxy) is 2. The average Bonchev–Trinajstić information content (AvgIpc) is 2.46. The standard InChI is InChI=1S/C17H14O3/c1-3-17(19-13(2)18)14-8-7-11-16(12-14)20-15-9-5-4-6-10-15/h1,4-12,17H,2H3/t17-/m1/s1. The highest BCUT2D eigenvalue weighted by Crippen LogP contribution is 2.25. The van der Waals surface area contributed by atoms with Crippen LogP contribution in [0.2, 0.25) is 0 Å². The third-order valence-electron chi connectivity index (χ3n) is 2.57. The number of hydrogen-bond donors (Lipinski definition) is 0. The van der Waals surface area contributed by atoms with Gasteiger partial charge in [-0.15, -0.1) is 6.42 Å². The molecule has 0 N–H and O–H groups in total. The second kappa shape index (κ2) is 6.44. The molecule has 2 aromatic rings. The highest BCUT2D eigenvalue weighted by Gasteiger charge is 2.12. The third kappa shape index (κ3) is 3.63. The van der Waals surface area contributed by atoms with Crippen LogP contribution >= 0.6 is 0 Å². The minimum absolute atomic E-state index is 0.415. The van der Waals surface area contributed by atoms with Gasteiger partial charge in [0.2, 0.25) is 0 Å². The van der Waals surface area contributed by atoms with Gasteiger partial charge in [-0.05, 0) is 24.3 Å². The van der Waals surface area contributed by atoms with Gasteiger partial charge < -0.3 is 9.47 Å². The highest BCUT2D eigenvalue weighted by molar-refractivity contribution is 5.66. The molecule has 20 heavy (non-hydrogen) atoms. The molecule has 2 aromatic carbocycles. The van der Waals surface area contributed by atoms with Crippen molar-refractivity contribution in [2.75, 3.05) is 0 Å². The predicted molar refractivity (Wildman–Crippen MR) is 76.3 cm³/mol. The maximum Gasteiger partial charge on any atom is 0.304 e. The summed E-state index contributed by atoms with van der Waals surface area (Å²) in [5.41, 5.74) is 0.705. The predicted octanol–water partition coefficient (Wildman–Crippen LogP) is 3.72. The Morgan fingerprint density at radius 2 is 1.80 bits per heavy atom. The van der Waals surface area contributed by atoms with Gasteiger partial charge in [0.05, 0.1) is 0 Å². The van der Waals surface area contributed by atoms with Crippen LogP contribution in [0.5, 0.6) is 11.5 Å². The molecule has 0 fully saturated rings. The van der Waals surface area contributed by atoms with Crippen molar-refractivity contribution < 1.29 is 14.3 Å². The molecule has 0 unspecified atom stereocenters. The monoisotopic (exact) mass is 266 g/mol. The van der Waals surface area contributed by atoms with Crippen LogP contribution in [0.15, 0.2) is 54.6 Å². The zero-order chi connectivity index (χ0) is 14.4. The van der Waals surface area contributed by atoms with Gasteiger partial charge in [-0.3, -0.25) is 4.79 Å². The minimum Gasteiger partial charge on any atom is -0.457 e. The molecule has 0 aromatic heterocycles. The number of terminal acetylenes is 1. The van der Waals surface area contributed by atoms with Crippen LogP contribution in [0, 0.1) is 12.3 Å². The minimum atomic E-state index is -0.702. The van der Waals surface area contributed by atoms with Crippen LogP contribution in [0.25, 0.3) is 0 Å². The van der Waals surface area contributed by atoms with E-state index in [9.17, 15) is 4.79 Å². The van der Waals surface area contributed by atoms with Gasteiger partial charge in [0.15, 0.2) is 6.10 Å². The zero-order valence-electron chi connectivity index (χ0n) is 11.1. The van der Waals surface area contributed by atoms with Crippen molar-refractivity contribution in [1.29, 1.82) is 0 Å². The van der Waals surface area contributed by atoms with Crippen molar-refractivity contribution in [2.24, 2.45) is 0 Å². The van der Waals surface area contributed by atoms with E-state index >= 15 is 0 Å². The number of para-hydroxylation sites is 1. The molecule has 0 aliphatic heterocycles. The topological polar surface area (TPSA) is 35.5 Å². The largest absolute Gasteiger partial charge is 0.457 e. The molecular weight excluding hydrogens is 252 g/mol. The van der Waals surface area contributed by atoms with Crippen molar-refractivity contribution in [2.45, 2.75) is 13.0 Å². The fourth-order valence-electron chi connectivity index (χ4n) is 1.73.